The van der Waals surface area contributed by atoms with E-state index in [1.54, 1.807) is 32.0 Å². The van der Waals surface area contributed by atoms with Gasteiger partial charge in [-0.05, 0) is 61.3 Å². The van der Waals surface area contributed by atoms with Crippen LogP contribution in [0.25, 0.3) is 0 Å². The molecule has 1 atom stereocenters. The predicted octanol–water partition coefficient (Wildman–Crippen LogP) is 3.67. The van der Waals surface area contributed by atoms with Gasteiger partial charge in [0.1, 0.15) is 11.6 Å². The van der Waals surface area contributed by atoms with Crippen LogP contribution in [0.3, 0.4) is 0 Å². The van der Waals surface area contributed by atoms with Crippen molar-refractivity contribution in [3.05, 3.63) is 65.0 Å². The standard InChI is InChI=1S/C22H31FN4OS/c1-24-22(25-13-17-9-10-19(23)11-18(17)15-29-5)26-14-21(27(2)3)16-7-6-8-20(12-16)28-4/h6-12,21H,13-15H2,1-5H3,(H2,24,25,26). The van der Waals surface area contributed by atoms with Gasteiger partial charge in [-0.1, -0.05) is 18.2 Å². The van der Waals surface area contributed by atoms with E-state index in [1.807, 2.05) is 24.5 Å². The molecule has 2 N–H and O–H groups in total. The van der Waals surface area contributed by atoms with Gasteiger partial charge in [-0.2, -0.15) is 11.8 Å². The summed E-state index contributed by atoms with van der Waals surface area (Å²) in [6.45, 7) is 1.27. The summed E-state index contributed by atoms with van der Waals surface area (Å²) < 4.78 is 18.9. The molecular weight excluding hydrogens is 387 g/mol. The van der Waals surface area contributed by atoms with Crippen molar-refractivity contribution in [3.8, 4) is 5.75 Å². The minimum absolute atomic E-state index is 0.154. The lowest BCUT2D eigenvalue weighted by molar-refractivity contribution is 0.297. The molecule has 2 aromatic carbocycles. The van der Waals surface area contributed by atoms with Gasteiger partial charge in [0.25, 0.3) is 0 Å². The van der Waals surface area contributed by atoms with Gasteiger partial charge in [0.15, 0.2) is 5.96 Å². The Kier molecular flexibility index (Phi) is 9.28. The van der Waals surface area contributed by atoms with E-state index in [9.17, 15) is 4.39 Å². The Balaban J connectivity index is 2.02. The maximum absolute atomic E-state index is 13.6. The summed E-state index contributed by atoms with van der Waals surface area (Å²) in [6.07, 6.45) is 2.02. The van der Waals surface area contributed by atoms with E-state index < -0.39 is 0 Å². The van der Waals surface area contributed by atoms with Crippen LogP contribution in [0.1, 0.15) is 22.7 Å². The summed E-state index contributed by atoms with van der Waals surface area (Å²) in [4.78, 5) is 6.49. The first-order valence-corrected chi connectivity index (χ1v) is 10.9. The van der Waals surface area contributed by atoms with Gasteiger partial charge in [-0.25, -0.2) is 4.39 Å². The number of hydrogen-bond acceptors (Lipinski definition) is 4. The number of nitrogens with zero attached hydrogens (tertiary/aromatic N) is 2. The zero-order chi connectivity index (χ0) is 21.2. The number of methoxy groups -OCH3 is 1. The van der Waals surface area contributed by atoms with E-state index >= 15 is 0 Å². The Labute approximate surface area is 177 Å². The molecule has 29 heavy (non-hydrogen) atoms. The third-order valence-corrected chi connectivity index (χ3v) is 5.30. The topological polar surface area (TPSA) is 48.9 Å². The molecule has 158 valence electrons. The summed E-state index contributed by atoms with van der Waals surface area (Å²) in [5.74, 6) is 2.13. The normalized spacial score (nSPS) is 12.7. The minimum Gasteiger partial charge on any atom is -0.497 e. The SMILES string of the molecule is CN=C(NCc1ccc(F)cc1CSC)NCC(c1cccc(OC)c1)N(C)C. The van der Waals surface area contributed by atoms with E-state index in [1.165, 1.54) is 6.07 Å². The fraction of sp³-hybridized carbons (Fsp3) is 0.409. The summed E-state index contributed by atoms with van der Waals surface area (Å²) >= 11 is 1.68. The minimum atomic E-state index is -0.201. The average Bonchev–Trinajstić information content (AvgIpc) is 2.71. The van der Waals surface area contributed by atoms with Crippen molar-refractivity contribution in [1.82, 2.24) is 15.5 Å². The Morgan fingerprint density at radius 1 is 1.17 bits per heavy atom. The fourth-order valence-corrected chi connectivity index (χ4v) is 3.68. The number of benzene rings is 2. The summed E-state index contributed by atoms with van der Waals surface area (Å²) in [5.41, 5.74) is 3.24. The predicted molar refractivity (Wildman–Crippen MR) is 121 cm³/mol. The number of halogens is 1. The second kappa shape index (κ2) is 11.7. The van der Waals surface area contributed by atoms with Crippen molar-refractivity contribution in [2.24, 2.45) is 4.99 Å². The molecule has 0 heterocycles. The van der Waals surface area contributed by atoms with E-state index in [2.05, 4.69) is 46.8 Å². The van der Waals surface area contributed by atoms with Crippen molar-refractivity contribution in [3.63, 3.8) is 0 Å². The fourth-order valence-electron chi connectivity index (χ4n) is 3.10. The number of aliphatic imine (C=N–C) groups is 1. The van der Waals surface area contributed by atoms with Gasteiger partial charge in [0, 0.05) is 25.9 Å². The quantitative estimate of drug-likeness (QED) is 0.481. The highest BCUT2D eigenvalue weighted by Crippen LogP contribution is 2.22. The summed E-state index contributed by atoms with van der Waals surface area (Å²) in [6, 6.07) is 13.2. The number of nitrogens with one attached hydrogen (secondary N) is 2. The van der Waals surface area contributed by atoms with Crippen LogP contribution < -0.4 is 15.4 Å². The molecule has 2 aromatic rings. The van der Waals surface area contributed by atoms with Crippen LogP contribution in [-0.2, 0) is 12.3 Å². The van der Waals surface area contributed by atoms with Gasteiger partial charge in [-0.15, -0.1) is 0 Å². The number of thioether (sulfide) groups is 1. The monoisotopic (exact) mass is 418 g/mol. The van der Waals surface area contributed by atoms with E-state index in [-0.39, 0.29) is 11.9 Å². The van der Waals surface area contributed by atoms with E-state index in [0.29, 0.717) is 19.0 Å². The van der Waals surface area contributed by atoms with Crippen LogP contribution in [0.5, 0.6) is 5.75 Å². The van der Waals surface area contributed by atoms with Gasteiger partial charge >= 0.3 is 0 Å². The van der Waals surface area contributed by atoms with Crippen molar-refractivity contribution >= 4 is 17.7 Å². The van der Waals surface area contributed by atoms with Crippen LogP contribution in [0.15, 0.2) is 47.5 Å². The third kappa shape index (κ3) is 6.94. The van der Waals surface area contributed by atoms with Crippen molar-refractivity contribution in [2.75, 3.05) is 41.1 Å². The molecule has 0 fully saturated rings. The number of guanidine groups is 1. The molecule has 0 aliphatic heterocycles. The largest absolute Gasteiger partial charge is 0.497 e. The Hall–Kier alpha value is -2.25. The van der Waals surface area contributed by atoms with Crippen LogP contribution in [-0.4, -0.2) is 51.9 Å². The highest BCUT2D eigenvalue weighted by atomic mass is 32.2. The molecule has 7 heteroatoms. The lowest BCUT2D eigenvalue weighted by Gasteiger charge is -2.26. The average molecular weight is 419 g/mol. The van der Waals surface area contributed by atoms with Gasteiger partial charge < -0.3 is 20.3 Å². The molecule has 1 unspecified atom stereocenters. The maximum atomic E-state index is 13.6. The molecule has 0 aromatic heterocycles. The maximum Gasteiger partial charge on any atom is 0.191 e. The number of hydrogen-bond donors (Lipinski definition) is 2. The van der Waals surface area contributed by atoms with E-state index in [0.717, 1.165) is 28.2 Å². The molecule has 0 spiro atoms. The molecule has 0 bridgehead atoms. The van der Waals surface area contributed by atoms with Crippen LogP contribution in [0, 0.1) is 5.82 Å². The smallest absolute Gasteiger partial charge is 0.191 e. The molecule has 0 aliphatic rings. The zero-order valence-electron chi connectivity index (χ0n) is 17.8. The van der Waals surface area contributed by atoms with E-state index in [4.69, 9.17) is 4.74 Å². The molecule has 0 aliphatic carbocycles. The molecule has 2 rings (SSSR count). The lowest BCUT2D eigenvalue weighted by Crippen LogP contribution is -2.41. The molecule has 0 radical (unpaired) electrons. The molecular formula is C22H31FN4OS. The van der Waals surface area contributed by atoms with Crippen molar-refractivity contribution in [1.29, 1.82) is 0 Å². The van der Waals surface area contributed by atoms with Gasteiger partial charge in [0.05, 0.1) is 13.2 Å². The molecule has 5 nitrogen and oxygen atoms in total. The van der Waals surface area contributed by atoms with Gasteiger partial charge in [0.2, 0.25) is 0 Å². The first-order valence-electron chi connectivity index (χ1n) is 9.49. The highest BCUT2D eigenvalue weighted by Gasteiger charge is 2.15. The second-order valence-electron chi connectivity index (χ2n) is 6.91. The van der Waals surface area contributed by atoms with Crippen molar-refractivity contribution < 1.29 is 9.13 Å². The van der Waals surface area contributed by atoms with Crippen LogP contribution >= 0.6 is 11.8 Å². The molecule has 0 saturated heterocycles. The first kappa shape index (κ1) is 23.0. The Morgan fingerprint density at radius 3 is 2.62 bits per heavy atom. The second-order valence-corrected chi connectivity index (χ2v) is 7.77. The third-order valence-electron chi connectivity index (χ3n) is 4.70. The Bertz CT molecular complexity index is 813. The summed E-state index contributed by atoms with van der Waals surface area (Å²) in [7, 11) is 7.53. The van der Waals surface area contributed by atoms with Gasteiger partial charge in [-0.3, -0.25) is 4.99 Å². The van der Waals surface area contributed by atoms with Crippen LogP contribution in [0.2, 0.25) is 0 Å². The number of likely N-dealkylation sites (N-methyl/N-ethyl adjacent to an activating group) is 1. The Morgan fingerprint density at radius 2 is 1.97 bits per heavy atom. The number of rotatable bonds is 9. The molecule has 0 saturated carbocycles. The van der Waals surface area contributed by atoms with Crippen LogP contribution in [0.4, 0.5) is 4.39 Å². The summed E-state index contributed by atoms with van der Waals surface area (Å²) in [5, 5.41) is 6.73. The first-order chi connectivity index (χ1) is 14.0. The van der Waals surface area contributed by atoms with Crippen molar-refractivity contribution in [2.45, 2.75) is 18.3 Å². The molecule has 0 amide bonds. The number of ether oxygens (including phenoxy) is 1. The highest BCUT2D eigenvalue weighted by molar-refractivity contribution is 7.97. The zero-order valence-corrected chi connectivity index (χ0v) is 18.6. The lowest BCUT2D eigenvalue weighted by atomic mass is 10.1.